The Morgan fingerprint density at radius 1 is 1.04 bits per heavy atom. The van der Waals surface area contributed by atoms with Crippen LogP contribution in [0.1, 0.15) is 11.1 Å². The van der Waals surface area contributed by atoms with Crippen LogP contribution in [0.15, 0.2) is 70.1 Å². The fraction of sp³-hybridized carbons (Fsp3) is 0.222. The Morgan fingerprint density at radius 3 is 2.25 bits per heavy atom. The first-order chi connectivity index (χ1) is 11.4. The van der Waals surface area contributed by atoms with E-state index in [1.165, 1.54) is 4.31 Å². The maximum atomic E-state index is 12.9. The molecule has 0 aliphatic rings. The molecule has 0 bridgehead atoms. The molecule has 0 unspecified atom stereocenters. The molecule has 1 N–H and O–H groups in total. The highest BCUT2D eigenvalue weighted by Gasteiger charge is 2.23. The molecule has 128 valence electrons. The van der Waals surface area contributed by atoms with Crippen molar-refractivity contribution >= 4 is 26.0 Å². The number of rotatable bonds is 7. The molecule has 0 heterocycles. The van der Waals surface area contributed by atoms with Gasteiger partial charge in [-0.15, -0.1) is 0 Å². The Labute approximate surface area is 151 Å². The molecular weight excluding hydrogens is 390 g/mol. The van der Waals surface area contributed by atoms with Gasteiger partial charge in [-0.3, -0.25) is 0 Å². The molecule has 0 radical (unpaired) electrons. The lowest BCUT2D eigenvalue weighted by Crippen LogP contribution is -2.31. The predicted molar refractivity (Wildman–Crippen MR) is 99.1 cm³/mol. The number of halogens is 1. The summed E-state index contributed by atoms with van der Waals surface area (Å²) in [5.74, 6) is 0. The van der Waals surface area contributed by atoms with Gasteiger partial charge in [0.1, 0.15) is 0 Å². The van der Waals surface area contributed by atoms with E-state index in [1.807, 2.05) is 31.2 Å². The number of hydrogen-bond acceptors (Lipinski definition) is 3. The van der Waals surface area contributed by atoms with Gasteiger partial charge in [-0.2, -0.15) is 4.31 Å². The summed E-state index contributed by atoms with van der Waals surface area (Å²) in [6, 6.07) is 14.4. The molecule has 24 heavy (non-hydrogen) atoms. The minimum Gasteiger partial charge on any atom is -0.392 e. The van der Waals surface area contributed by atoms with E-state index >= 15 is 0 Å². The van der Waals surface area contributed by atoms with Crippen LogP contribution in [0.5, 0.6) is 0 Å². The molecule has 0 fully saturated rings. The van der Waals surface area contributed by atoms with Crippen molar-refractivity contribution in [1.82, 2.24) is 4.31 Å². The van der Waals surface area contributed by atoms with Gasteiger partial charge in [-0.05, 0) is 36.8 Å². The van der Waals surface area contributed by atoms with E-state index < -0.39 is 10.0 Å². The first-order valence-corrected chi connectivity index (χ1v) is 9.74. The Morgan fingerprint density at radius 2 is 1.67 bits per heavy atom. The number of aliphatic hydroxyl groups is 1. The molecule has 0 atom stereocenters. The van der Waals surface area contributed by atoms with Gasteiger partial charge in [0.15, 0.2) is 0 Å². The summed E-state index contributed by atoms with van der Waals surface area (Å²) < 4.78 is 28.2. The molecule has 0 saturated carbocycles. The first kappa shape index (κ1) is 18.9. The van der Waals surface area contributed by atoms with Crippen LogP contribution in [-0.2, 0) is 16.6 Å². The van der Waals surface area contributed by atoms with Crippen LogP contribution in [-0.4, -0.2) is 31.0 Å². The van der Waals surface area contributed by atoms with Gasteiger partial charge in [0.25, 0.3) is 0 Å². The molecule has 0 spiro atoms. The molecule has 0 amide bonds. The van der Waals surface area contributed by atoms with Crippen LogP contribution in [0.2, 0.25) is 0 Å². The summed E-state index contributed by atoms with van der Waals surface area (Å²) in [5, 5.41) is 8.89. The van der Waals surface area contributed by atoms with Gasteiger partial charge in [0.2, 0.25) is 10.0 Å². The van der Waals surface area contributed by atoms with Crippen LogP contribution in [0, 0.1) is 6.92 Å². The third-order valence-corrected chi connectivity index (χ3v) is 5.87. The van der Waals surface area contributed by atoms with E-state index in [2.05, 4.69) is 15.9 Å². The van der Waals surface area contributed by atoms with Gasteiger partial charge < -0.3 is 5.11 Å². The van der Waals surface area contributed by atoms with Crippen molar-refractivity contribution < 1.29 is 13.5 Å². The van der Waals surface area contributed by atoms with Crippen molar-refractivity contribution in [2.45, 2.75) is 18.4 Å². The van der Waals surface area contributed by atoms with Crippen LogP contribution < -0.4 is 0 Å². The Hall–Kier alpha value is -1.47. The van der Waals surface area contributed by atoms with E-state index in [4.69, 9.17) is 5.11 Å². The monoisotopic (exact) mass is 409 g/mol. The second-order valence-electron chi connectivity index (χ2n) is 5.39. The van der Waals surface area contributed by atoms with E-state index in [1.54, 1.807) is 36.4 Å². The molecule has 2 aromatic rings. The lowest BCUT2D eigenvalue weighted by atomic mass is 10.2. The molecule has 2 rings (SSSR count). The number of aliphatic hydroxyl groups excluding tert-OH is 1. The van der Waals surface area contributed by atoms with E-state index in [0.717, 1.165) is 15.6 Å². The summed E-state index contributed by atoms with van der Waals surface area (Å²) in [6.45, 7) is 2.27. The number of aryl methyl sites for hydroxylation is 1. The number of benzene rings is 2. The smallest absolute Gasteiger partial charge is 0.243 e. The van der Waals surface area contributed by atoms with Gasteiger partial charge in [-0.1, -0.05) is 57.9 Å². The zero-order valence-corrected chi connectivity index (χ0v) is 15.8. The van der Waals surface area contributed by atoms with E-state index in [-0.39, 0.29) is 24.6 Å². The highest BCUT2D eigenvalue weighted by Crippen LogP contribution is 2.20. The van der Waals surface area contributed by atoms with Gasteiger partial charge >= 0.3 is 0 Å². The zero-order valence-electron chi connectivity index (χ0n) is 13.4. The highest BCUT2D eigenvalue weighted by molar-refractivity contribution is 9.10. The van der Waals surface area contributed by atoms with Crippen LogP contribution >= 0.6 is 15.9 Å². The van der Waals surface area contributed by atoms with Crippen molar-refractivity contribution in [3.05, 3.63) is 76.3 Å². The lowest BCUT2D eigenvalue weighted by molar-refractivity contribution is 0.341. The molecule has 6 heteroatoms. The minimum atomic E-state index is -3.62. The molecule has 0 aliphatic carbocycles. The van der Waals surface area contributed by atoms with Crippen LogP contribution in [0.3, 0.4) is 0 Å². The maximum Gasteiger partial charge on any atom is 0.243 e. The molecular formula is C18H20BrNO3S. The van der Waals surface area contributed by atoms with E-state index in [9.17, 15) is 8.42 Å². The molecule has 0 aliphatic heterocycles. The Kier molecular flexibility index (Phi) is 6.74. The summed E-state index contributed by atoms with van der Waals surface area (Å²) in [5.41, 5.74) is 1.90. The molecule has 0 aromatic heterocycles. The number of hydrogen-bond donors (Lipinski definition) is 1. The second-order valence-corrected chi connectivity index (χ2v) is 8.24. The summed E-state index contributed by atoms with van der Waals surface area (Å²) in [7, 11) is -3.62. The molecule has 2 aromatic carbocycles. The average Bonchev–Trinajstić information content (AvgIpc) is 2.56. The second kappa shape index (κ2) is 8.58. The van der Waals surface area contributed by atoms with Crippen molar-refractivity contribution in [1.29, 1.82) is 0 Å². The molecule has 0 saturated heterocycles. The largest absolute Gasteiger partial charge is 0.392 e. The van der Waals surface area contributed by atoms with Crippen molar-refractivity contribution in [2.75, 3.05) is 13.2 Å². The summed E-state index contributed by atoms with van der Waals surface area (Å²) in [6.07, 6.45) is 3.20. The lowest BCUT2D eigenvalue weighted by Gasteiger charge is -2.21. The van der Waals surface area contributed by atoms with Gasteiger partial charge in [0, 0.05) is 17.6 Å². The summed E-state index contributed by atoms with van der Waals surface area (Å²) in [4.78, 5) is 0.266. The predicted octanol–water partition coefficient (Wildman–Crippen LogP) is 3.50. The van der Waals surface area contributed by atoms with Crippen LogP contribution in [0.25, 0.3) is 0 Å². The summed E-state index contributed by atoms with van der Waals surface area (Å²) >= 11 is 3.38. The third-order valence-electron chi connectivity index (χ3n) is 3.51. The topological polar surface area (TPSA) is 57.6 Å². The fourth-order valence-corrected chi connectivity index (χ4v) is 3.81. The third kappa shape index (κ3) is 5.01. The Bertz CT molecular complexity index is 784. The first-order valence-electron chi connectivity index (χ1n) is 7.50. The van der Waals surface area contributed by atoms with Crippen molar-refractivity contribution in [3.63, 3.8) is 0 Å². The SMILES string of the molecule is Cc1ccc(S(=O)(=O)N(C/C=C\CO)Cc2ccc(Br)cc2)cc1. The standard InChI is InChI=1S/C18H20BrNO3S/c1-15-4-10-18(11-5-15)24(22,23)20(12-2-3-13-21)14-16-6-8-17(19)9-7-16/h2-11,21H,12-14H2,1H3/b3-2-. The van der Waals surface area contributed by atoms with E-state index in [0.29, 0.717) is 0 Å². The quantitative estimate of drug-likeness (QED) is 0.711. The van der Waals surface area contributed by atoms with Crippen molar-refractivity contribution in [2.24, 2.45) is 0 Å². The highest BCUT2D eigenvalue weighted by atomic mass is 79.9. The Balaban J connectivity index is 2.31. The number of nitrogens with zero attached hydrogens (tertiary/aromatic N) is 1. The average molecular weight is 410 g/mol. The fourth-order valence-electron chi connectivity index (χ4n) is 2.17. The maximum absolute atomic E-state index is 12.9. The number of sulfonamides is 1. The van der Waals surface area contributed by atoms with Crippen LogP contribution in [0.4, 0.5) is 0 Å². The van der Waals surface area contributed by atoms with Crippen molar-refractivity contribution in [3.8, 4) is 0 Å². The normalized spacial score (nSPS) is 12.2. The minimum absolute atomic E-state index is 0.114. The molecule has 4 nitrogen and oxygen atoms in total. The van der Waals surface area contributed by atoms with Gasteiger partial charge in [0.05, 0.1) is 11.5 Å². The van der Waals surface area contributed by atoms with Gasteiger partial charge in [-0.25, -0.2) is 8.42 Å². The zero-order chi connectivity index (χ0) is 17.6.